The Kier molecular flexibility index (Phi) is 5.49. The summed E-state index contributed by atoms with van der Waals surface area (Å²) < 4.78 is 32.8. The number of aliphatic hydroxyl groups is 1. The van der Waals surface area contributed by atoms with Crippen molar-refractivity contribution >= 4 is 27.5 Å². The summed E-state index contributed by atoms with van der Waals surface area (Å²) in [6.07, 6.45) is 0.0328. The normalized spacial score (nSPS) is 19.0. The molecule has 2 amide bonds. The number of nitrogens with two attached hydrogens (primary N) is 1. The average molecular weight is 419 g/mol. The molecule has 1 atom stereocenters. The number of nitrogens with one attached hydrogen (secondary N) is 1. The molecule has 0 aliphatic carbocycles. The van der Waals surface area contributed by atoms with Crippen molar-refractivity contribution in [1.82, 2.24) is 4.90 Å². The lowest BCUT2D eigenvalue weighted by Crippen LogP contribution is -2.46. The number of likely N-dealkylation sites (tertiary alicyclic amines) is 1. The van der Waals surface area contributed by atoms with E-state index in [1.54, 1.807) is 24.3 Å². The van der Waals surface area contributed by atoms with E-state index in [4.69, 9.17) is 10.5 Å². The molecule has 0 aromatic heterocycles. The van der Waals surface area contributed by atoms with E-state index in [1.807, 2.05) is 0 Å². The van der Waals surface area contributed by atoms with Crippen LogP contribution in [0.2, 0.25) is 0 Å². The van der Waals surface area contributed by atoms with Crippen molar-refractivity contribution in [2.24, 2.45) is 5.73 Å². The lowest BCUT2D eigenvalue weighted by Gasteiger charge is -2.20. The van der Waals surface area contributed by atoms with E-state index < -0.39 is 27.4 Å². The minimum atomic E-state index is -3.93. The van der Waals surface area contributed by atoms with Crippen LogP contribution in [0.5, 0.6) is 5.75 Å². The van der Waals surface area contributed by atoms with Gasteiger partial charge in [-0.3, -0.25) is 14.3 Å². The number of sulfonamides is 1. The molecule has 9 nitrogen and oxygen atoms in total. The summed E-state index contributed by atoms with van der Waals surface area (Å²) in [5.41, 5.74) is 3.88. The quantitative estimate of drug-likeness (QED) is 0.625. The molecule has 0 spiro atoms. The Labute approximate surface area is 168 Å². The van der Waals surface area contributed by atoms with Gasteiger partial charge in [0.15, 0.2) is 5.60 Å². The number of carbonyl (C=O) groups is 2. The second-order valence-corrected chi connectivity index (χ2v) is 8.42. The third-order valence-electron chi connectivity index (χ3n) is 4.73. The summed E-state index contributed by atoms with van der Waals surface area (Å²) in [5, 5.41) is 10.1. The number of benzene rings is 2. The SMILES string of the molecule is COc1ccc(NS(=O)(=O)c2cccc(C(=O)N3CC[C@@](O)(C(N)=O)C3)c2)cc1. The molecule has 1 aliphatic heterocycles. The zero-order valence-electron chi connectivity index (χ0n) is 15.7. The highest BCUT2D eigenvalue weighted by Gasteiger charge is 2.43. The molecule has 0 radical (unpaired) electrons. The monoisotopic (exact) mass is 419 g/mol. The van der Waals surface area contributed by atoms with Gasteiger partial charge in [-0.05, 0) is 42.5 Å². The Morgan fingerprint density at radius 2 is 1.90 bits per heavy atom. The van der Waals surface area contributed by atoms with Gasteiger partial charge < -0.3 is 20.5 Å². The van der Waals surface area contributed by atoms with E-state index in [-0.39, 0.29) is 30.0 Å². The molecular formula is C19H21N3O6S. The first-order valence-electron chi connectivity index (χ1n) is 8.73. The van der Waals surface area contributed by atoms with E-state index in [0.717, 1.165) is 0 Å². The standard InChI is InChI=1S/C19H21N3O6S/c1-28-15-7-5-14(6-8-15)21-29(26,27)16-4-2-3-13(11-16)17(23)22-10-9-19(25,12-22)18(20)24/h2-8,11,21,25H,9-10,12H2,1H3,(H2,20,24)/t19-/m0/s1. The minimum absolute atomic E-state index is 0.0328. The topological polar surface area (TPSA) is 139 Å². The Morgan fingerprint density at radius 1 is 1.21 bits per heavy atom. The Morgan fingerprint density at radius 3 is 2.48 bits per heavy atom. The van der Waals surface area contributed by atoms with Crippen LogP contribution in [0.25, 0.3) is 0 Å². The number of rotatable bonds is 6. The number of nitrogens with zero attached hydrogens (tertiary/aromatic N) is 1. The number of amides is 2. The molecule has 2 aromatic rings. The second kappa shape index (κ2) is 7.72. The molecule has 2 aromatic carbocycles. The van der Waals surface area contributed by atoms with Crippen molar-refractivity contribution in [3.8, 4) is 5.75 Å². The molecule has 3 rings (SSSR count). The van der Waals surface area contributed by atoms with Gasteiger partial charge in [0.05, 0.1) is 18.6 Å². The maximum atomic E-state index is 12.7. The smallest absolute Gasteiger partial charge is 0.261 e. The van der Waals surface area contributed by atoms with Crippen molar-refractivity contribution in [2.45, 2.75) is 16.9 Å². The van der Waals surface area contributed by atoms with Crippen molar-refractivity contribution < 1.29 is 27.9 Å². The lowest BCUT2D eigenvalue weighted by molar-refractivity contribution is -0.134. The van der Waals surface area contributed by atoms with Crippen LogP contribution >= 0.6 is 0 Å². The van der Waals surface area contributed by atoms with E-state index in [0.29, 0.717) is 11.4 Å². The third-order valence-corrected chi connectivity index (χ3v) is 6.11. The molecule has 1 saturated heterocycles. The van der Waals surface area contributed by atoms with Crippen LogP contribution < -0.4 is 15.2 Å². The molecule has 0 unspecified atom stereocenters. The molecule has 10 heteroatoms. The molecule has 1 heterocycles. The number of hydrogen-bond acceptors (Lipinski definition) is 6. The fourth-order valence-corrected chi connectivity index (χ4v) is 4.12. The van der Waals surface area contributed by atoms with Gasteiger partial charge in [0.2, 0.25) is 0 Å². The Bertz CT molecular complexity index is 1040. The molecule has 1 fully saturated rings. The second-order valence-electron chi connectivity index (χ2n) is 6.73. The van der Waals surface area contributed by atoms with Crippen LogP contribution in [-0.4, -0.2) is 56.0 Å². The first-order valence-corrected chi connectivity index (χ1v) is 10.2. The van der Waals surface area contributed by atoms with Gasteiger partial charge in [-0.15, -0.1) is 0 Å². The molecule has 29 heavy (non-hydrogen) atoms. The van der Waals surface area contributed by atoms with Crippen molar-refractivity contribution in [3.63, 3.8) is 0 Å². The zero-order chi connectivity index (χ0) is 21.2. The number of ether oxygens (including phenoxy) is 1. The fraction of sp³-hybridized carbons (Fsp3) is 0.263. The Hall–Kier alpha value is -3.11. The number of carbonyl (C=O) groups excluding carboxylic acids is 2. The number of hydrogen-bond donors (Lipinski definition) is 3. The summed E-state index contributed by atoms with van der Waals surface area (Å²) in [6, 6.07) is 11.9. The van der Waals surface area contributed by atoms with Gasteiger partial charge in [-0.1, -0.05) is 6.07 Å². The predicted octanol–water partition coefficient (Wildman–Crippen LogP) is 0.558. The number of β-amino-alcohol motifs (C(OH)–C–C–N with tert-alkyl or cyclic N) is 1. The van der Waals surface area contributed by atoms with Crippen LogP contribution in [0.1, 0.15) is 16.8 Å². The van der Waals surface area contributed by atoms with E-state index >= 15 is 0 Å². The van der Waals surface area contributed by atoms with Gasteiger partial charge in [0.1, 0.15) is 5.75 Å². The summed E-state index contributed by atoms with van der Waals surface area (Å²) in [4.78, 5) is 25.2. The first kappa shape index (κ1) is 20.6. The molecule has 154 valence electrons. The van der Waals surface area contributed by atoms with Gasteiger partial charge in [0.25, 0.3) is 21.8 Å². The zero-order valence-corrected chi connectivity index (χ0v) is 16.5. The van der Waals surface area contributed by atoms with Crippen LogP contribution in [0.15, 0.2) is 53.4 Å². The molecule has 0 saturated carbocycles. The first-order chi connectivity index (χ1) is 13.6. The maximum absolute atomic E-state index is 12.7. The molecule has 1 aliphatic rings. The van der Waals surface area contributed by atoms with Crippen LogP contribution in [-0.2, 0) is 14.8 Å². The summed E-state index contributed by atoms with van der Waals surface area (Å²) in [5.74, 6) is -0.807. The Balaban J connectivity index is 1.79. The number of methoxy groups -OCH3 is 1. The highest BCUT2D eigenvalue weighted by Crippen LogP contribution is 2.24. The van der Waals surface area contributed by atoms with E-state index in [2.05, 4.69) is 4.72 Å². The van der Waals surface area contributed by atoms with E-state index in [9.17, 15) is 23.1 Å². The predicted molar refractivity (Wildman–Crippen MR) is 105 cm³/mol. The highest BCUT2D eigenvalue weighted by atomic mass is 32.2. The van der Waals surface area contributed by atoms with Gasteiger partial charge in [-0.2, -0.15) is 0 Å². The van der Waals surface area contributed by atoms with Gasteiger partial charge in [0, 0.05) is 24.2 Å². The number of primary amides is 1. The molecular weight excluding hydrogens is 398 g/mol. The minimum Gasteiger partial charge on any atom is -0.497 e. The van der Waals surface area contributed by atoms with Crippen LogP contribution in [0.3, 0.4) is 0 Å². The number of anilines is 1. The molecule has 4 N–H and O–H groups in total. The highest BCUT2D eigenvalue weighted by molar-refractivity contribution is 7.92. The maximum Gasteiger partial charge on any atom is 0.261 e. The van der Waals surface area contributed by atoms with Crippen LogP contribution in [0, 0.1) is 0 Å². The van der Waals surface area contributed by atoms with Crippen molar-refractivity contribution in [3.05, 3.63) is 54.1 Å². The van der Waals surface area contributed by atoms with Crippen LogP contribution in [0.4, 0.5) is 5.69 Å². The summed E-state index contributed by atoms with van der Waals surface area (Å²) in [6.45, 7) is -0.0956. The molecule has 0 bridgehead atoms. The van der Waals surface area contributed by atoms with E-state index in [1.165, 1.54) is 36.3 Å². The van der Waals surface area contributed by atoms with Crippen molar-refractivity contribution in [1.29, 1.82) is 0 Å². The average Bonchev–Trinajstić information content (AvgIpc) is 3.11. The summed E-state index contributed by atoms with van der Waals surface area (Å²) >= 11 is 0. The van der Waals surface area contributed by atoms with Crippen molar-refractivity contribution in [2.75, 3.05) is 24.9 Å². The van der Waals surface area contributed by atoms with Gasteiger partial charge >= 0.3 is 0 Å². The summed E-state index contributed by atoms with van der Waals surface area (Å²) in [7, 11) is -2.43. The third kappa shape index (κ3) is 4.33. The lowest BCUT2D eigenvalue weighted by atomic mass is 10.0. The van der Waals surface area contributed by atoms with Gasteiger partial charge in [-0.25, -0.2) is 8.42 Å². The largest absolute Gasteiger partial charge is 0.497 e. The fourth-order valence-electron chi connectivity index (χ4n) is 3.02.